The first kappa shape index (κ1) is 19.1. The molecular formula is C18H23BrN2O5. The number of hydrogen-bond donors (Lipinski definition) is 2. The molecule has 2 fully saturated rings. The average Bonchev–Trinajstić information content (AvgIpc) is 2.62. The van der Waals surface area contributed by atoms with E-state index < -0.39 is 17.6 Å². The molecule has 2 N–H and O–H groups in total. The van der Waals surface area contributed by atoms with Crippen LogP contribution in [-0.2, 0) is 9.53 Å². The molecule has 1 atom stereocenters. The van der Waals surface area contributed by atoms with E-state index in [1.54, 1.807) is 4.90 Å². The van der Waals surface area contributed by atoms with Crippen LogP contribution in [-0.4, -0.2) is 77.0 Å². The van der Waals surface area contributed by atoms with E-state index in [0.29, 0.717) is 39.1 Å². The van der Waals surface area contributed by atoms with Crippen LogP contribution in [0.3, 0.4) is 0 Å². The molecule has 2 heterocycles. The van der Waals surface area contributed by atoms with Crippen LogP contribution in [0.2, 0.25) is 0 Å². The summed E-state index contributed by atoms with van der Waals surface area (Å²) >= 11 is 3.44. The fraction of sp³-hybridized carbons (Fsp3) is 0.556. The standard InChI is InChI=1S/C18H23BrN2O5/c19-14-3-1-2-13(12-14)15(18(25)4-10-26-11-5-18)16(22)20-6-8-21(9-7-20)17(23)24/h1-3,12,15,25H,4-11H2,(H,23,24). The van der Waals surface area contributed by atoms with Crippen molar-refractivity contribution in [2.24, 2.45) is 0 Å². The van der Waals surface area contributed by atoms with Crippen molar-refractivity contribution >= 4 is 27.9 Å². The maximum absolute atomic E-state index is 13.3. The number of carbonyl (C=O) groups is 2. The second-order valence-electron chi connectivity index (χ2n) is 6.80. The quantitative estimate of drug-likeness (QED) is 0.769. The van der Waals surface area contributed by atoms with Gasteiger partial charge in [-0.2, -0.15) is 0 Å². The topological polar surface area (TPSA) is 90.3 Å². The lowest BCUT2D eigenvalue weighted by atomic mass is 9.76. The first-order valence-electron chi connectivity index (χ1n) is 8.73. The largest absolute Gasteiger partial charge is 0.465 e. The van der Waals surface area contributed by atoms with Gasteiger partial charge in [0.15, 0.2) is 0 Å². The van der Waals surface area contributed by atoms with Crippen molar-refractivity contribution in [1.29, 1.82) is 0 Å². The Bertz CT molecular complexity index is 669. The molecule has 2 aliphatic heterocycles. The molecule has 2 saturated heterocycles. The summed E-state index contributed by atoms with van der Waals surface area (Å²) in [6, 6.07) is 7.45. The summed E-state index contributed by atoms with van der Waals surface area (Å²) in [7, 11) is 0. The molecule has 0 bridgehead atoms. The van der Waals surface area contributed by atoms with Gasteiger partial charge in [0.2, 0.25) is 5.91 Å². The van der Waals surface area contributed by atoms with Gasteiger partial charge in [0.25, 0.3) is 0 Å². The Morgan fingerprint density at radius 2 is 1.73 bits per heavy atom. The zero-order chi connectivity index (χ0) is 18.7. The summed E-state index contributed by atoms with van der Waals surface area (Å²) in [5.41, 5.74) is -0.408. The smallest absolute Gasteiger partial charge is 0.407 e. The maximum atomic E-state index is 13.3. The Labute approximate surface area is 160 Å². The van der Waals surface area contributed by atoms with E-state index in [1.165, 1.54) is 4.90 Å². The third-order valence-electron chi connectivity index (χ3n) is 5.19. The number of carboxylic acid groups (broad SMARTS) is 1. The highest BCUT2D eigenvalue weighted by Gasteiger charge is 2.45. The monoisotopic (exact) mass is 426 g/mol. The van der Waals surface area contributed by atoms with E-state index >= 15 is 0 Å². The van der Waals surface area contributed by atoms with Gasteiger partial charge in [-0.15, -0.1) is 0 Å². The number of aliphatic hydroxyl groups is 1. The number of hydrogen-bond acceptors (Lipinski definition) is 4. The van der Waals surface area contributed by atoms with Crippen molar-refractivity contribution in [3.8, 4) is 0 Å². The minimum atomic E-state index is -1.17. The summed E-state index contributed by atoms with van der Waals surface area (Å²) in [5.74, 6) is -0.849. The predicted octanol–water partition coefficient (Wildman–Crippen LogP) is 1.90. The summed E-state index contributed by atoms with van der Waals surface area (Å²) in [6.45, 7) is 2.08. The van der Waals surface area contributed by atoms with Crippen molar-refractivity contribution in [1.82, 2.24) is 9.80 Å². The molecule has 2 amide bonds. The van der Waals surface area contributed by atoms with E-state index in [1.807, 2.05) is 24.3 Å². The summed E-state index contributed by atoms with van der Waals surface area (Å²) in [4.78, 5) is 27.4. The number of benzene rings is 1. The molecule has 1 aromatic rings. The third kappa shape index (κ3) is 4.02. The summed E-state index contributed by atoms with van der Waals surface area (Å²) < 4.78 is 6.22. The van der Waals surface area contributed by atoms with Gasteiger partial charge in [-0.25, -0.2) is 4.79 Å². The van der Waals surface area contributed by atoms with E-state index in [-0.39, 0.29) is 19.0 Å². The SMILES string of the molecule is O=C(O)N1CCN(C(=O)C(c2cccc(Br)c2)C2(O)CCOCC2)CC1. The molecule has 8 heteroatoms. The van der Waals surface area contributed by atoms with Crippen molar-refractivity contribution in [3.63, 3.8) is 0 Å². The second-order valence-corrected chi connectivity index (χ2v) is 7.71. The fourth-order valence-corrected chi connectivity index (χ4v) is 4.10. The number of halogens is 1. The van der Waals surface area contributed by atoms with Gasteiger partial charge in [0.05, 0.1) is 11.5 Å². The number of carbonyl (C=O) groups excluding carboxylic acids is 1. The zero-order valence-electron chi connectivity index (χ0n) is 14.4. The van der Waals surface area contributed by atoms with Crippen LogP contribution >= 0.6 is 15.9 Å². The Kier molecular flexibility index (Phi) is 5.84. The minimum Gasteiger partial charge on any atom is -0.465 e. The zero-order valence-corrected chi connectivity index (χ0v) is 16.0. The molecule has 0 radical (unpaired) electrons. The van der Waals surface area contributed by atoms with Gasteiger partial charge in [-0.3, -0.25) is 4.79 Å². The molecule has 0 saturated carbocycles. The summed E-state index contributed by atoms with van der Waals surface area (Å²) in [6.07, 6.45) is -0.181. The molecule has 26 heavy (non-hydrogen) atoms. The van der Waals surface area contributed by atoms with Gasteiger partial charge < -0.3 is 24.7 Å². The second kappa shape index (κ2) is 7.94. The number of ether oxygens (including phenoxy) is 1. The lowest BCUT2D eigenvalue weighted by Crippen LogP contribution is -2.55. The van der Waals surface area contributed by atoms with Gasteiger partial charge in [-0.05, 0) is 17.7 Å². The van der Waals surface area contributed by atoms with Crippen LogP contribution in [0.4, 0.5) is 4.79 Å². The van der Waals surface area contributed by atoms with E-state index in [9.17, 15) is 14.7 Å². The van der Waals surface area contributed by atoms with Gasteiger partial charge >= 0.3 is 6.09 Å². The molecule has 0 aromatic heterocycles. The first-order chi connectivity index (χ1) is 12.4. The van der Waals surface area contributed by atoms with E-state index in [2.05, 4.69) is 15.9 Å². The van der Waals surface area contributed by atoms with Crippen LogP contribution in [0, 0.1) is 0 Å². The van der Waals surface area contributed by atoms with E-state index in [4.69, 9.17) is 9.84 Å². The normalized spacial score (nSPS) is 21.3. The van der Waals surface area contributed by atoms with Crippen LogP contribution < -0.4 is 0 Å². The Balaban J connectivity index is 1.86. The lowest BCUT2D eigenvalue weighted by Gasteiger charge is -2.42. The maximum Gasteiger partial charge on any atom is 0.407 e. The molecule has 3 rings (SSSR count). The van der Waals surface area contributed by atoms with Gasteiger partial charge in [0, 0.05) is 56.7 Å². The molecule has 0 aliphatic carbocycles. The van der Waals surface area contributed by atoms with Crippen LogP contribution in [0.1, 0.15) is 24.3 Å². The highest BCUT2D eigenvalue weighted by molar-refractivity contribution is 9.10. The molecular weight excluding hydrogens is 404 g/mol. The average molecular weight is 427 g/mol. The number of nitrogens with zero attached hydrogens (tertiary/aromatic N) is 2. The lowest BCUT2D eigenvalue weighted by molar-refractivity contribution is -0.147. The molecule has 142 valence electrons. The predicted molar refractivity (Wildman–Crippen MR) is 98.1 cm³/mol. The van der Waals surface area contributed by atoms with Crippen molar-refractivity contribution in [2.45, 2.75) is 24.4 Å². The van der Waals surface area contributed by atoms with Crippen molar-refractivity contribution < 1.29 is 24.5 Å². The van der Waals surface area contributed by atoms with Crippen molar-refractivity contribution in [3.05, 3.63) is 34.3 Å². The van der Waals surface area contributed by atoms with Gasteiger partial charge in [0.1, 0.15) is 0 Å². The van der Waals surface area contributed by atoms with E-state index in [0.717, 1.165) is 10.0 Å². The van der Waals surface area contributed by atoms with Crippen LogP contribution in [0.25, 0.3) is 0 Å². The minimum absolute atomic E-state index is 0.155. The Morgan fingerprint density at radius 1 is 1.12 bits per heavy atom. The Morgan fingerprint density at radius 3 is 2.31 bits per heavy atom. The molecule has 2 aliphatic rings. The fourth-order valence-electron chi connectivity index (χ4n) is 3.68. The molecule has 1 unspecified atom stereocenters. The molecule has 7 nitrogen and oxygen atoms in total. The highest BCUT2D eigenvalue weighted by Crippen LogP contribution is 2.38. The van der Waals surface area contributed by atoms with Crippen LogP contribution in [0.15, 0.2) is 28.7 Å². The number of piperazine rings is 1. The molecule has 1 aromatic carbocycles. The summed E-state index contributed by atoms with van der Waals surface area (Å²) in [5, 5.41) is 20.4. The highest BCUT2D eigenvalue weighted by atomic mass is 79.9. The van der Waals surface area contributed by atoms with Crippen molar-refractivity contribution in [2.75, 3.05) is 39.4 Å². The number of amides is 2. The molecule has 0 spiro atoms. The third-order valence-corrected chi connectivity index (χ3v) is 5.68. The van der Waals surface area contributed by atoms with Crippen LogP contribution in [0.5, 0.6) is 0 Å². The van der Waals surface area contributed by atoms with Gasteiger partial charge in [-0.1, -0.05) is 28.1 Å². The Hall–Kier alpha value is -1.64. The number of rotatable bonds is 3. The first-order valence-corrected chi connectivity index (χ1v) is 9.52.